The third-order valence-corrected chi connectivity index (χ3v) is 2.33. The predicted octanol–water partition coefficient (Wildman–Crippen LogP) is 0.501. The zero-order valence-corrected chi connectivity index (χ0v) is 9.57. The van der Waals surface area contributed by atoms with Crippen molar-refractivity contribution in [3.05, 3.63) is 12.2 Å². The van der Waals surface area contributed by atoms with E-state index in [9.17, 15) is 4.79 Å². The SMILES string of the molecule is CC(NC(=O)CCCCCN)c1ncn[nH]1. The normalized spacial score (nSPS) is 12.4. The number of carbonyl (C=O) groups excluding carboxylic acids is 1. The average molecular weight is 225 g/mol. The van der Waals surface area contributed by atoms with Gasteiger partial charge in [0.2, 0.25) is 5.91 Å². The molecule has 16 heavy (non-hydrogen) atoms. The number of nitrogens with two attached hydrogens (primary N) is 1. The maximum atomic E-state index is 11.5. The minimum Gasteiger partial charge on any atom is -0.346 e. The number of carbonyl (C=O) groups is 1. The van der Waals surface area contributed by atoms with Crippen LogP contribution in [0, 0.1) is 0 Å². The van der Waals surface area contributed by atoms with Gasteiger partial charge < -0.3 is 11.1 Å². The monoisotopic (exact) mass is 225 g/mol. The van der Waals surface area contributed by atoms with Gasteiger partial charge in [-0.25, -0.2) is 4.98 Å². The molecule has 0 saturated heterocycles. The van der Waals surface area contributed by atoms with E-state index in [-0.39, 0.29) is 11.9 Å². The summed E-state index contributed by atoms with van der Waals surface area (Å²) >= 11 is 0. The molecule has 0 aromatic carbocycles. The second kappa shape index (κ2) is 6.95. The number of rotatable bonds is 7. The van der Waals surface area contributed by atoms with Gasteiger partial charge in [0.15, 0.2) is 0 Å². The summed E-state index contributed by atoms with van der Waals surface area (Å²) in [6.07, 6.45) is 4.83. The van der Waals surface area contributed by atoms with Gasteiger partial charge in [0.05, 0.1) is 6.04 Å². The van der Waals surface area contributed by atoms with E-state index in [0.29, 0.717) is 18.8 Å². The van der Waals surface area contributed by atoms with E-state index in [1.54, 1.807) is 0 Å². The summed E-state index contributed by atoms with van der Waals surface area (Å²) in [6.45, 7) is 2.56. The molecule has 0 aliphatic heterocycles. The van der Waals surface area contributed by atoms with Crippen LogP contribution in [0.2, 0.25) is 0 Å². The first-order chi connectivity index (χ1) is 7.74. The van der Waals surface area contributed by atoms with Crippen LogP contribution in [-0.2, 0) is 4.79 Å². The molecule has 1 heterocycles. The fraction of sp³-hybridized carbons (Fsp3) is 0.700. The maximum absolute atomic E-state index is 11.5. The molecule has 1 rings (SSSR count). The molecule has 0 aliphatic rings. The summed E-state index contributed by atoms with van der Waals surface area (Å²) in [5, 5.41) is 9.32. The van der Waals surface area contributed by atoms with E-state index in [2.05, 4.69) is 20.5 Å². The van der Waals surface area contributed by atoms with Crippen molar-refractivity contribution in [1.29, 1.82) is 0 Å². The Bertz CT molecular complexity index is 298. The van der Waals surface area contributed by atoms with Gasteiger partial charge in [0, 0.05) is 6.42 Å². The molecule has 0 aliphatic carbocycles. The maximum Gasteiger partial charge on any atom is 0.220 e. The third kappa shape index (κ3) is 4.39. The molecule has 4 N–H and O–H groups in total. The molecule has 0 radical (unpaired) electrons. The summed E-state index contributed by atoms with van der Waals surface area (Å²) in [7, 11) is 0. The minimum atomic E-state index is -0.121. The molecule has 1 aromatic heterocycles. The number of nitrogens with zero attached hydrogens (tertiary/aromatic N) is 2. The van der Waals surface area contributed by atoms with Gasteiger partial charge in [-0.05, 0) is 26.3 Å². The van der Waals surface area contributed by atoms with Gasteiger partial charge in [0.25, 0.3) is 0 Å². The molecular weight excluding hydrogens is 206 g/mol. The Hall–Kier alpha value is -1.43. The van der Waals surface area contributed by atoms with E-state index in [0.717, 1.165) is 19.3 Å². The first-order valence-electron chi connectivity index (χ1n) is 5.58. The highest BCUT2D eigenvalue weighted by molar-refractivity contribution is 5.76. The van der Waals surface area contributed by atoms with Crippen LogP contribution in [0.3, 0.4) is 0 Å². The molecule has 0 bridgehead atoms. The number of H-pyrrole nitrogens is 1. The zero-order valence-electron chi connectivity index (χ0n) is 9.57. The molecule has 0 saturated carbocycles. The quantitative estimate of drug-likeness (QED) is 0.589. The Morgan fingerprint density at radius 1 is 1.56 bits per heavy atom. The molecule has 90 valence electrons. The third-order valence-electron chi connectivity index (χ3n) is 2.33. The fourth-order valence-corrected chi connectivity index (χ4v) is 1.41. The summed E-state index contributed by atoms with van der Waals surface area (Å²) in [6, 6.07) is -0.121. The number of aromatic nitrogens is 3. The molecule has 1 aromatic rings. The Morgan fingerprint density at radius 3 is 3.00 bits per heavy atom. The molecular formula is C10H19N5O. The van der Waals surface area contributed by atoms with Crippen molar-refractivity contribution in [2.75, 3.05) is 6.54 Å². The Balaban J connectivity index is 2.19. The van der Waals surface area contributed by atoms with Crippen molar-refractivity contribution in [3.63, 3.8) is 0 Å². The minimum absolute atomic E-state index is 0.0425. The summed E-state index contributed by atoms with van der Waals surface area (Å²) in [4.78, 5) is 15.5. The van der Waals surface area contributed by atoms with E-state index < -0.39 is 0 Å². The van der Waals surface area contributed by atoms with Crippen molar-refractivity contribution in [2.24, 2.45) is 5.73 Å². The van der Waals surface area contributed by atoms with Crippen LogP contribution in [0.1, 0.15) is 44.5 Å². The van der Waals surface area contributed by atoms with Gasteiger partial charge >= 0.3 is 0 Å². The zero-order chi connectivity index (χ0) is 11.8. The lowest BCUT2D eigenvalue weighted by atomic mass is 10.2. The molecule has 0 spiro atoms. The van der Waals surface area contributed by atoms with Crippen LogP contribution in [-0.4, -0.2) is 27.6 Å². The smallest absolute Gasteiger partial charge is 0.220 e. The van der Waals surface area contributed by atoms with Gasteiger partial charge in [-0.15, -0.1) is 0 Å². The van der Waals surface area contributed by atoms with Crippen LogP contribution < -0.4 is 11.1 Å². The lowest BCUT2D eigenvalue weighted by molar-refractivity contribution is -0.121. The van der Waals surface area contributed by atoms with Crippen molar-refractivity contribution in [3.8, 4) is 0 Å². The molecule has 1 amide bonds. The molecule has 6 heteroatoms. The highest BCUT2D eigenvalue weighted by atomic mass is 16.1. The van der Waals surface area contributed by atoms with E-state index >= 15 is 0 Å². The molecule has 1 unspecified atom stereocenters. The highest BCUT2D eigenvalue weighted by Gasteiger charge is 2.10. The standard InChI is InChI=1S/C10H19N5O/c1-8(10-12-7-13-15-10)14-9(16)5-3-2-4-6-11/h7-8H,2-6,11H2,1H3,(H,14,16)(H,12,13,15). The van der Waals surface area contributed by atoms with Crippen molar-refractivity contribution in [1.82, 2.24) is 20.5 Å². The number of amides is 1. The first-order valence-corrected chi connectivity index (χ1v) is 5.58. The number of hydrogen-bond acceptors (Lipinski definition) is 4. The van der Waals surface area contributed by atoms with Gasteiger partial charge in [-0.3, -0.25) is 9.89 Å². The second-order valence-corrected chi connectivity index (χ2v) is 3.76. The number of unbranched alkanes of at least 4 members (excludes halogenated alkanes) is 2. The Morgan fingerprint density at radius 2 is 2.38 bits per heavy atom. The Kier molecular flexibility index (Phi) is 5.49. The first kappa shape index (κ1) is 12.6. The van der Waals surface area contributed by atoms with Gasteiger partial charge in [0.1, 0.15) is 12.2 Å². The lowest BCUT2D eigenvalue weighted by Crippen LogP contribution is -2.27. The van der Waals surface area contributed by atoms with Crippen LogP contribution in [0.5, 0.6) is 0 Å². The van der Waals surface area contributed by atoms with Crippen LogP contribution in [0.4, 0.5) is 0 Å². The van der Waals surface area contributed by atoms with Crippen molar-refractivity contribution >= 4 is 5.91 Å². The largest absolute Gasteiger partial charge is 0.346 e. The summed E-state index contributed by atoms with van der Waals surface area (Å²) in [5.74, 6) is 0.719. The van der Waals surface area contributed by atoms with Crippen molar-refractivity contribution < 1.29 is 4.79 Å². The topological polar surface area (TPSA) is 96.7 Å². The van der Waals surface area contributed by atoms with Crippen LogP contribution in [0.15, 0.2) is 6.33 Å². The van der Waals surface area contributed by atoms with Crippen LogP contribution in [0.25, 0.3) is 0 Å². The molecule has 0 fully saturated rings. The second-order valence-electron chi connectivity index (χ2n) is 3.76. The number of hydrogen-bond donors (Lipinski definition) is 3. The Labute approximate surface area is 95.0 Å². The van der Waals surface area contributed by atoms with E-state index in [1.807, 2.05) is 6.92 Å². The van der Waals surface area contributed by atoms with Gasteiger partial charge in [-0.2, -0.15) is 5.10 Å². The fourth-order valence-electron chi connectivity index (χ4n) is 1.41. The van der Waals surface area contributed by atoms with Crippen molar-refractivity contribution in [2.45, 2.75) is 38.6 Å². The van der Waals surface area contributed by atoms with Crippen LogP contribution >= 0.6 is 0 Å². The number of aromatic amines is 1. The lowest BCUT2D eigenvalue weighted by Gasteiger charge is -2.10. The van der Waals surface area contributed by atoms with Gasteiger partial charge in [-0.1, -0.05) is 6.42 Å². The summed E-state index contributed by atoms with van der Waals surface area (Å²) in [5.41, 5.74) is 5.37. The number of nitrogens with one attached hydrogen (secondary N) is 2. The molecule has 6 nitrogen and oxygen atoms in total. The van der Waals surface area contributed by atoms with E-state index in [1.165, 1.54) is 6.33 Å². The molecule has 1 atom stereocenters. The average Bonchev–Trinajstić information content (AvgIpc) is 2.77. The highest BCUT2D eigenvalue weighted by Crippen LogP contribution is 2.05. The predicted molar refractivity (Wildman–Crippen MR) is 60.5 cm³/mol. The summed E-state index contributed by atoms with van der Waals surface area (Å²) < 4.78 is 0. The van der Waals surface area contributed by atoms with E-state index in [4.69, 9.17) is 5.73 Å².